The van der Waals surface area contributed by atoms with Gasteiger partial charge in [-0.05, 0) is 13.0 Å². The van der Waals surface area contributed by atoms with Gasteiger partial charge in [0, 0.05) is 0 Å². The molecule has 0 unspecified atom stereocenters. The molecule has 0 saturated heterocycles. The molecule has 0 bridgehead atoms. The summed E-state index contributed by atoms with van der Waals surface area (Å²) in [6.45, 7) is 1.51. The van der Waals surface area contributed by atoms with Crippen LogP contribution in [0.5, 0.6) is 11.5 Å². The molecule has 0 amide bonds. The summed E-state index contributed by atoms with van der Waals surface area (Å²) in [5, 5.41) is 9.18. The summed E-state index contributed by atoms with van der Waals surface area (Å²) in [4.78, 5) is 22.8. The number of esters is 1. The van der Waals surface area contributed by atoms with Crippen LogP contribution in [0.4, 0.5) is 4.39 Å². The third-order valence-electron chi connectivity index (χ3n) is 2.06. The van der Waals surface area contributed by atoms with E-state index < -0.39 is 39.7 Å². The van der Waals surface area contributed by atoms with Gasteiger partial charge in [-0.2, -0.15) is 0 Å². The van der Waals surface area contributed by atoms with E-state index in [-0.39, 0.29) is 6.61 Å². The van der Waals surface area contributed by atoms with Gasteiger partial charge < -0.3 is 14.6 Å². The highest BCUT2D eigenvalue weighted by Crippen LogP contribution is 2.37. The van der Waals surface area contributed by atoms with Crippen molar-refractivity contribution in [3.05, 3.63) is 22.5 Å². The first-order chi connectivity index (χ1) is 8.43. The number of carbonyl (C=O) groups is 2. The number of aromatic hydroxyl groups is 1. The Kier molecular flexibility index (Phi) is 4.49. The predicted octanol–water partition coefficient (Wildman–Crippen LogP) is 1.94. The highest BCUT2D eigenvalue weighted by molar-refractivity contribution is 6.42. The van der Waals surface area contributed by atoms with E-state index >= 15 is 0 Å². The van der Waals surface area contributed by atoms with Crippen LogP contribution in [0.3, 0.4) is 0 Å². The number of ether oxygens (including phenoxy) is 2. The molecule has 0 heterocycles. The minimum Gasteiger partial charge on any atom is -0.504 e. The van der Waals surface area contributed by atoms with Crippen molar-refractivity contribution in [3.63, 3.8) is 0 Å². The van der Waals surface area contributed by atoms with Gasteiger partial charge in [0.2, 0.25) is 0 Å². The predicted molar refractivity (Wildman–Crippen MR) is 60.6 cm³/mol. The fourth-order valence-electron chi connectivity index (χ4n) is 1.26. The highest BCUT2D eigenvalue weighted by Gasteiger charge is 2.26. The van der Waals surface area contributed by atoms with E-state index in [0.29, 0.717) is 0 Å². The van der Waals surface area contributed by atoms with E-state index in [1.54, 1.807) is 0 Å². The van der Waals surface area contributed by atoms with Crippen LogP contribution in [0, 0.1) is 5.82 Å². The monoisotopic (exact) mass is 276 g/mol. The van der Waals surface area contributed by atoms with Crippen molar-refractivity contribution in [2.45, 2.75) is 6.92 Å². The maximum absolute atomic E-state index is 13.4. The number of Topliss-reactive ketones (excluding diaryl/α,β-unsaturated/α-hetero) is 1. The van der Waals surface area contributed by atoms with Crippen molar-refractivity contribution in [1.82, 2.24) is 0 Å². The van der Waals surface area contributed by atoms with Crippen LogP contribution in [0.25, 0.3) is 0 Å². The molecule has 7 heteroatoms. The number of carbonyl (C=O) groups excluding carboxylic acids is 2. The Morgan fingerprint density at radius 2 is 2.11 bits per heavy atom. The standard InChI is InChI=1S/C11H10ClFO5/c1-3-18-11(16)9(15)5-4-6(12)7(13)10(17-2)8(5)14/h4,14H,3H2,1-2H3. The maximum Gasteiger partial charge on any atom is 0.379 e. The SMILES string of the molecule is CCOC(=O)C(=O)c1cc(Cl)c(F)c(OC)c1O. The number of benzene rings is 1. The van der Waals surface area contributed by atoms with E-state index in [0.717, 1.165) is 13.2 Å². The quantitative estimate of drug-likeness (QED) is 0.517. The lowest BCUT2D eigenvalue weighted by Crippen LogP contribution is -2.18. The molecule has 1 rings (SSSR count). The number of phenols is 1. The topological polar surface area (TPSA) is 72.8 Å². The van der Waals surface area contributed by atoms with Crippen molar-refractivity contribution in [3.8, 4) is 11.5 Å². The van der Waals surface area contributed by atoms with E-state index in [1.807, 2.05) is 0 Å². The van der Waals surface area contributed by atoms with Gasteiger partial charge in [0.15, 0.2) is 17.3 Å². The number of phenolic OH excluding ortho intramolecular Hbond substituents is 1. The lowest BCUT2D eigenvalue weighted by atomic mass is 10.1. The second-order valence-corrected chi connectivity index (χ2v) is 3.56. The van der Waals surface area contributed by atoms with Gasteiger partial charge in [-0.15, -0.1) is 0 Å². The Morgan fingerprint density at radius 1 is 1.50 bits per heavy atom. The first-order valence-electron chi connectivity index (χ1n) is 4.90. The molecule has 5 nitrogen and oxygen atoms in total. The third-order valence-corrected chi connectivity index (χ3v) is 2.33. The number of hydrogen-bond acceptors (Lipinski definition) is 5. The van der Waals surface area contributed by atoms with Gasteiger partial charge in [-0.25, -0.2) is 9.18 Å². The molecular formula is C11H10ClFO5. The molecule has 0 aliphatic heterocycles. The molecule has 0 radical (unpaired) electrons. The largest absolute Gasteiger partial charge is 0.504 e. The van der Waals surface area contributed by atoms with Crippen molar-refractivity contribution in [1.29, 1.82) is 0 Å². The molecule has 98 valence electrons. The molecule has 0 saturated carbocycles. The number of methoxy groups -OCH3 is 1. The van der Waals surface area contributed by atoms with Gasteiger partial charge >= 0.3 is 5.97 Å². The summed E-state index contributed by atoms with van der Waals surface area (Å²) in [6, 6.07) is 0.841. The van der Waals surface area contributed by atoms with E-state index in [2.05, 4.69) is 9.47 Å². The lowest BCUT2D eigenvalue weighted by Gasteiger charge is -2.10. The van der Waals surface area contributed by atoms with Crippen molar-refractivity contribution in [2.24, 2.45) is 0 Å². The van der Waals surface area contributed by atoms with Crippen LogP contribution in [0.15, 0.2) is 6.07 Å². The maximum atomic E-state index is 13.4. The van der Waals surface area contributed by atoms with Crippen LogP contribution in [-0.2, 0) is 9.53 Å². The summed E-state index contributed by atoms with van der Waals surface area (Å²) < 4.78 is 22.5. The van der Waals surface area contributed by atoms with Crippen LogP contribution >= 0.6 is 11.6 Å². The summed E-state index contributed by atoms with van der Waals surface area (Å²) in [7, 11) is 1.09. The summed E-state index contributed by atoms with van der Waals surface area (Å²) >= 11 is 5.53. The summed E-state index contributed by atoms with van der Waals surface area (Å²) in [5.41, 5.74) is -0.475. The first kappa shape index (κ1) is 14.2. The fourth-order valence-corrected chi connectivity index (χ4v) is 1.45. The number of halogens is 2. The van der Waals surface area contributed by atoms with Gasteiger partial charge in [-0.1, -0.05) is 11.6 Å². The van der Waals surface area contributed by atoms with Crippen molar-refractivity contribution >= 4 is 23.4 Å². The third kappa shape index (κ3) is 2.53. The molecule has 1 N–H and O–H groups in total. The number of rotatable bonds is 4. The molecule has 1 aromatic carbocycles. The van der Waals surface area contributed by atoms with Crippen LogP contribution in [0.2, 0.25) is 5.02 Å². The van der Waals surface area contributed by atoms with Crippen molar-refractivity contribution < 1.29 is 28.6 Å². The molecule has 0 atom stereocenters. The number of hydrogen-bond donors (Lipinski definition) is 1. The highest BCUT2D eigenvalue weighted by atomic mass is 35.5. The van der Waals surface area contributed by atoms with E-state index in [1.165, 1.54) is 6.92 Å². The van der Waals surface area contributed by atoms with Gasteiger partial charge in [0.25, 0.3) is 5.78 Å². The Bertz CT molecular complexity index is 501. The molecule has 1 aromatic rings. The van der Waals surface area contributed by atoms with E-state index in [9.17, 15) is 19.1 Å². The van der Waals surface area contributed by atoms with Crippen molar-refractivity contribution in [2.75, 3.05) is 13.7 Å². The minimum absolute atomic E-state index is 0.00258. The molecule has 18 heavy (non-hydrogen) atoms. The zero-order valence-electron chi connectivity index (χ0n) is 9.62. The zero-order valence-corrected chi connectivity index (χ0v) is 10.4. The van der Waals surface area contributed by atoms with Gasteiger partial charge in [0.1, 0.15) is 0 Å². The molecule has 0 aliphatic rings. The van der Waals surface area contributed by atoms with Crippen LogP contribution in [-0.4, -0.2) is 30.6 Å². The molecular weight excluding hydrogens is 267 g/mol. The molecule has 0 aliphatic carbocycles. The molecule has 0 fully saturated rings. The Hall–Kier alpha value is -1.82. The minimum atomic E-state index is -1.17. The lowest BCUT2D eigenvalue weighted by molar-refractivity contribution is -0.137. The van der Waals surface area contributed by atoms with E-state index in [4.69, 9.17) is 11.6 Å². The van der Waals surface area contributed by atoms with Gasteiger partial charge in [-0.3, -0.25) is 4.79 Å². The Balaban J connectivity index is 3.30. The average molecular weight is 277 g/mol. The zero-order chi connectivity index (χ0) is 13.9. The van der Waals surface area contributed by atoms with Crippen LogP contribution < -0.4 is 4.74 Å². The molecule has 0 spiro atoms. The summed E-state index contributed by atoms with van der Waals surface area (Å²) in [5.74, 6) is -4.71. The second-order valence-electron chi connectivity index (χ2n) is 3.15. The summed E-state index contributed by atoms with van der Waals surface area (Å²) in [6.07, 6.45) is 0. The number of ketones is 1. The second kappa shape index (κ2) is 5.68. The molecule has 0 aromatic heterocycles. The van der Waals surface area contributed by atoms with Crippen LogP contribution in [0.1, 0.15) is 17.3 Å². The average Bonchev–Trinajstić information content (AvgIpc) is 2.34. The normalized spacial score (nSPS) is 10.0. The Labute approximate surface area is 107 Å². The Morgan fingerprint density at radius 3 is 2.61 bits per heavy atom. The fraction of sp³-hybridized carbons (Fsp3) is 0.273. The smallest absolute Gasteiger partial charge is 0.379 e. The van der Waals surface area contributed by atoms with Gasteiger partial charge in [0.05, 0.1) is 24.3 Å². The first-order valence-corrected chi connectivity index (χ1v) is 5.28.